The maximum Gasteiger partial charge on any atom is 0.251 e. The highest BCUT2D eigenvalue weighted by atomic mass is 19.1. The largest absolute Gasteiger partial charge is 0.352 e. The van der Waals surface area contributed by atoms with Gasteiger partial charge in [-0.1, -0.05) is 6.07 Å². The molecule has 2 unspecified atom stereocenters. The predicted octanol–water partition coefficient (Wildman–Crippen LogP) is 2.96. The van der Waals surface area contributed by atoms with Gasteiger partial charge in [0.25, 0.3) is 5.56 Å². The second-order valence-corrected chi connectivity index (χ2v) is 7.39. The van der Waals surface area contributed by atoms with E-state index >= 15 is 0 Å². The van der Waals surface area contributed by atoms with Gasteiger partial charge in [-0.15, -0.1) is 0 Å². The molecular weight excluding hydrogens is 345 g/mol. The topological polar surface area (TPSA) is 66.8 Å². The van der Waals surface area contributed by atoms with Crippen molar-refractivity contribution >= 4 is 27.8 Å². The van der Waals surface area contributed by atoms with Crippen LogP contribution in [0.1, 0.15) is 24.1 Å². The lowest BCUT2D eigenvalue weighted by Gasteiger charge is -2.32. The summed E-state index contributed by atoms with van der Waals surface area (Å²) >= 11 is 0. The molecule has 1 aromatic carbocycles. The van der Waals surface area contributed by atoms with Crippen molar-refractivity contribution in [2.45, 2.75) is 18.4 Å². The Bertz CT molecular complexity index is 1280. The molecule has 3 aromatic heterocycles. The average Bonchev–Trinajstić information content (AvgIpc) is 3.17. The SMILES string of the molecule is O=c1cccc2n1C1CC2CN(c2ncnc3c2[nH]c2ccc(F)cc23)C1. The molecule has 0 spiro atoms. The molecule has 27 heavy (non-hydrogen) atoms. The molecule has 1 saturated heterocycles. The van der Waals surface area contributed by atoms with Crippen LogP contribution in [0.2, 0.25) is 0 Å². The molecule has 0 aliphatic carbocycles. The van der Waals surface area contributed by atoms with E-state index in [2.05, 4.69) is 25.9 Å². The van der Waals surface area contributed by atoms with Gasteiger partial charge >= 0.3 is 0 Å². The number of nitrogens with zero attached hydrogens (tertiary/aromatic N) is 4. The van der Waals surface area contributed by atoms with Gasteiger partial charge in [0.05, 0.1) is 6.04 Å². The first kappa shape index (κ1) is 14.9. The Hall–Kier alpha value is -3.22. The van der Waals surface area contributed by atoms with Gasteiger partial charge in [0, 0.05) is 41.7 Å². The third-order valence-electron chi connectivity index (χ3n) is 5.86. The van der Waals surface area contributed by atoms with Crippen LogP contribution in [-0.4, -0.2) is 32.6 Å². The molecule has 0 radical (unpaired) electrons. The van der Waals surface area contributed by atoms with E-state index < -0.39 is 0 Å². The normalized spacial score (nSPS) is 21.1. The quantitative estimate of drug-likeness (QED) is 0.566. The van der Waals surface area contributed by atoms with E-state index in [4.69, 9.17) is 0 Å². The summed E-state index contributed by atoms with van der Waals surface area (Å²) in [4.78, 5) is 26.8. The Morgan fingerprint density at radius 3 is 3.00 bits per heavy atom. The summed E-state index contributed by atoms with van der Waals surface area (Å²) < 4.78 is 15.6. The van der Waals surface area contributed by atoms with Gasteiger partial charge in [0.2, 0.25) is 0 Å². The second-order valence-electron chi connectivity index (χ2n) is 7.39. The van der Waals surface area contributed by atoms with Crippen molar-refractivity contribution in [3.05, 3.63) is 64.6 Å². The zero-order chi connectivity index (χ0) is 18.1. The standard InChI is InChI=1S/C20H16FN5O/c21-12-4-5-15-14(7-12)18-19(24-15)20(23-10-22-18)25-8-11-6-13(9-25)26-16(11)2-1-3-17(26)27/h1-5,7,10-11,13,24H,6,8-9H2. The van der Waals surface area contributed by atoms with Crippen molar-refractivity contribution in [2.75, 3.05) is 18.0 Å². The second kappa shape index (κ2) is 5.16. The molecular formula is C20H16FN5O. The van der Waals surface area contributed by atoms with Crippen LogP contribution in [0.15, 0.2) is 47.5 Å². The highest BCUT2D eigenvalue weighted by Gasteiger charge is 2.39. The predicted molar refractivity (Wildman–Crippen MR) is 101 cm³/mol. The first-order chi connectivity index (χ1) is 13.2. The maximum atomic E-state index is 13.7. The Morgan fingerprint density at radius 2 is 2.07 bits per heavy atom. The first-order valence-electron chi connectivity index (χ1n) is 9.07. The van der Waals surface area contributed by atoms with Crippen LogP contribution >= 0.6 is 0 Å². The minimum atomic E-state index is -0.283. The minimum Gasteiger partial charge on any atom is -0.352 e. The summed E-state index contributed by atoms with van der Waals surface area (Å²) in [5.74, 6) is 0.839. The number of fused-ring (bicyclic) bond motifs is 8. The van der Waals surface area contributed by atoms with E-state index in [1.54, 1.807) is 12.1 Å². The lowest BCUT2D eigenvalue weighted by Crippen LogP contribution is -2.37. The van der Waals surface area contributed by atoms with Crippen LogP contribution < -0.4 is 10.5 Å². The van der Waals surface area contributed by atoms with Crippen LogP contribution in [0.5, 0.6) is 0 Å². The number of nitrogens with one attached hydrogen (secondary N) is 1. The minimum absolute atomic E-state index is 0.0655. The molecule has 2 bridgehead atoms. The van der Waals surface area contributed by atoms with Crippen molar-refractivity contribution in [1.29, 1.82) is 0 Å². The number of pyridine rings is 1. The number of benzene rings is 1. The number of anilines is 1. The van der Waals surface area contributed by atoms with Crippen LogP contribution in [0, 0.1) is 5.82 Å². The molecule has 6 rings (SSSR count). The lowest BCUT2D eigenvalue weighted by atomic mass is 9.96. The third kappa shape index (κ3) is 2.02. The molecule has 7 heteroatoms. The fourth-order valence-electron chi connectivity index (χ4n) is 4.78. The smallest absolute Gasteiger partial charge is 0.251 e. The van der Waals surface area contributed by atoms with E-state index in [1.807, 2.05) is 10.6 Å². The van der Waals surface area contributed by atoms with Crippen molar-refractivity contribution in [3.63, 3.8) is 0 Å². The molecule has 1 fully saturated rings. The average molecular weight is 361 g/mol. The molecule has 0 amide bonds. The number of piperidine rings is 1. The number of hydrogen-bond donors (Lipinski definition) is 1. The van der Waals surface area contributed by atoms with Gasteiger partial charge in [-0.25, -0.2) is 14.4 Å². The summed E-state index contributed by atoms with van der Waals surface area (Å²) in [5, 5.41) is 0.758. The van der Waals surface area contributed by atoms with E-state index in [9.17, 15) is 9.18 Å². The van der Waals surface area contributed by atoms with Gasteiger partial charge in [-0.2, -0.15) is 0 Å². The maximum absolute atomic E-state index is 13.7. The van der Waals surface area contributed by atoms with Crippen LogP contribution in [0.4, 0.5) is 10.2 Å². The van der Waals surface area contributed by atoms with Crippen LogP contribution in [0.25, 0.3) is 21.9 Å². The van der Waals surface area contributed by atoms with Gasteiger partial charge < -0.3 is 14.5 Å². The fourth-order valence-corrected chi connectivity index (χ4v) is 4.78. The Morgan fingerprint density at radius 1 is 1.15 bits per heavy atom. The Labute approximate surface area is 153 Å². The summed E-state index contributed by atoms with van der Waals surface area (Å²) in [5.41, 5.74) is 3.56. The number of aromatic amines is 1. The molecule has 5 heterocycles. The van der Waals surface area contributed by atoms with E-state index in [0.717, 1.165) is 53.0 Å². The monoisotopic (exact) mass is 361 g/mol. The molecule has 0 saturated carbocycles. The third-order valence-corrected chi connectivity index (χ3v) is 5.86. The summed E-state index contributed by atoms with van der Waals surface area (Å²) in [6.45, 7) is 1.53. The summed E-state index contributed by atoms with van der Waals surface area (Å²) in [6.07, 6.45) is 2.52. The first-order valence-corrected chi connectivity index (χ1v) is 9.07. The highest BCUT2D eigenvalue weighted by molar-refractivity contribution is 6.08. The Kier molecular flexibility index (Phi) is 2.85. The van der Waals surface area contributed by atoms with E-state index in [-0.39, 0.29) is 17.4 Å². The van der Waals surface area contributed by atoms with Gasteiger partial charge in [0.15, 0.2) is 5.82 Å². The molecule has 1 N–H and O–H groups in total. The van der Waals surface area contributed by atoms with Crippen molar-refractivity contribution in [2.24, 2.45) is 0 Å². The number of aromatic nitrogens is 4. The van der Waals surface area contributed by atoms with Crippen molar-refractivity contribution < 1.29 is 4.39 Å². The summed E-state index contributed by atoms with van der Waals surface area (Å²) in [6, 6.07) is 10.3. The van der Waals surface area contributed by atoms with Gasteiger partial charge in [-0.3, -0.25) is 4.79 Å². The molecule has 2 atom stereocenters. The van der Waals surface area contributed by atoms with E-state index in [0.29, 0.717) is 5.92 Å². The number of rotatable bonds is 1. The molecule has 134 valence electrons. The van der Waals surface area contributed by atoms with Gasteiger partial charge in [0.1, 0.15) is 23.2 Å². The number of halogens is 1. The fraction of sp³-hybridized carbons (Fsp3) is 0.250. The molecule has 2 aliphatic heterocycles. The Balaban J connectivity index is 1.49. The van der Waals surface area contributed by atoms with Crippen LogP contribution in [0.3, 0.4) is 0 Å². The lowest BCUT2D eigenvalue weighted by molar-refractivity contribution is 0.440. The highest BCUT2D eigenvalue weighted by Crippen LogP contribution is 2.42. The van der Waals surface area contributed by atoms with Gasteiger partial charge in [-0.05, 0) is 30.7 Å². The van der Waals surface area contributed by atoms with E-state index in [1.165, 1.54) is 18.5 Å². The molecule has 6 nitrogen and oxygen atoms in total. The molecule has 2 aliphatic rings. The zero-order valence-electron chi connectivity index (χ0n) is 14.4. The summed E-state index contributed by atoms with van der Waals surface area (Å²) in [7, 11) is 0. The van der Waals surface area contributed by atoms with Crippen molar-refractivity contribution in [3.8, 4) is 0 Å². The van der Waals surface area contributed by atoms with Crippen molar-refractivity contribution in [1.82, 2.24) is 19.5 Å². The number of H-pyrrole nitrogens is 1. The number of hydrogen-bond acceptors (Lipinski definition) is 4. The van der Waals surface area contributed by atoms with Crippen LogP contribution in [-0.2, 0) is 0 Å². The zero-order valence-corrected chi connectivity index (χ0v) is 14.4. The molecule has 4 aromatic rings.